The first kappa shape index (κ1) is 23.3. The molecule has 1 heterocycles. The summed E-state index contributed by atoms with van der Waals surface area (Å²) in [5.41, 5.74) is 12.4. The molecule has 0 aliphatic carbocycles. The molecule has 0 unspecified atom stereocenters. The third kappa shape index (κ3) is 7.75. The maximum Gasteiger partial charge on any atom is 0.256 e. The van der Waals surface area contributed by atoms with E-state index in [0.29, 0.717) is 40.2 Å². The van der Waals surface area contributed by atoms with Crippen LogP contribution in [0.2, 0.25) is 10.0 Å². The first-order valence-corrected chi connectivity index (χ1v) is 10.2. The lowest BCUT2D eigenvalue weighted by atomic mass is 10.1. The molecule has 8 N–H and O–H groups in total. The molecule has 29 heavy (non-hydrogen) atoms. The van der Waals surface area contributed by atoms with Gasteiger partial charge in [-0.2, -0.15) is 0 Å². The number of anilines is 1. The number of aromatic nitrogens is 2. The highest BCUT2D eigenvalue weighted by Gasteiger charge is 2.10. The minimum atomic E-state index is -0.487. The zero-order valence-electron chi connectivity index (χ0n) is 16.1. The van der Waals surface area contributed by atoms with Crippen molar-refractivity contribution >= 4 is 35.4 Å². The molecule has 0 aliphatic heterocycles. The van der Waals surface area contributed by atoms with Gasteiger partial charge in [0.1, 0.15) is 6.29 Å². The van der Waals surface area contributed by atoms with Gasteiger partial charge in [-0.3, -0.25) is 15.1 Å². The second kappa shape index (κ2) is 11.9. The summed E-state index contributed by atoms with van der Waals surface area (Å²) in [5, 5.41) is 14.6. The van der Waals surface area contributed by atoms with E-state index in [1.807, 2.05) is 6.07 Å². The van der Waals surface area contributed by atoms with E-state index in [9.17, 15) is 4.79 Å². The van der Waals surface area contributed by atoms with Gasteiger partial charge in [-0.25, -0.2) is 4.98 Å². The van der Waals surface area contributed by atoms with E-state index in [0.717, 1.165) is 44.0 Å². The summed E-state index contributed by atoms with van der Waals surface area (Å²) in [4.78, 5) is 19.5. The Morgan fingerprint density at radius 2 is 1.93 bits per heavy atom. The third-order valence-corrected chi connectivity index (χ3v) is 5.10. The second-order valence-corrected chi connectivity index (χ2v) is 7.48. The van der Waals surface area contributed by atoms with Crippen LogP contribution in [0.1, 0.15) is 42.5 Å². The Morgan fingerprint density at radius 3 is 2.62 bits per heavy atom. The highest BCUT2D eigenvalue weighted by molar-refractivity contribution is 6.42. The average molecular weight is 440 g/mol. The molecule has 8 nitrogen and oxygen atoms in total. The largest absolute Gasteiger partial charge is 0.352 e. The molecule has 0 saturated carbocycles. The summed E-state index contributed by atoms with van der Waals surface area (Å²) < 4.78 is 0. The monoisotopic (exact) mass is 439 g/mol. The molecule has 2 aromatic rings. The molecule has 0 atom stereocenters. The molecule has 0 bridgehead atoms. The first-order chi connectivity index (χ1) is 13.9. The van der Waals surface area contributed by atoms with Gasteiger partial charge in [0.05, 0.1) is 15.7 Å². The van der Waals surface area contributed by atoms with Crippen LogP contribution < -0.4 is 27.7 Å². The number of rotatable bonds is 12. The van der Waals surface area contributed by atoms with E-state index in [1.54, 1.807) is 12.1 Å². The van der Waals surface area contributed by atoms with Crippen molar-refractivity contribution < 1.29 is 0 Å². The predicted octanol–water partition coefficient (Wildman–Crippen LogP) is 2.58. The maximum atomic E-state index is 12.5. The lowest BCUT2D eigenvalue weighted by molar-refractivity contribution is 0.514. The fraction of sp³-hybridized carbons (Fsp3) is 0.421. The van der Waals surface area contributed by atoms with Gasteiger partial charge in [0.2, 0.25) is 5.95 Å². The van der Waals surface area contributed by atoms with Crippen molar-refractivity contribution in [1.82, 2.24) is 15.3 Å². The van der Waals surface area contributed by atoms with Gasteiger partial charge in [-0.05, 0) is 43.5 Å². The van der Waals surface area contributed by atoms with Crippen LogP contribution in [0.3, 0.4) is 0 Å². The number of H-pyrrole nitrogens is 1. The van der Waals surface area contributed by atoms with Crippen LogP contribution >= 0.6 is 23.2 Å². The van der Waals surface area contributed by atoms with Gasteiger partial charge in [-0.1, -0.05) is 42.1 Å². The zero-order chi connectivity index (χ0) is 21.2. The summed E-state index contributed by atoms with van der Waals surface area (Å²) in [6.45, 7) is 1.18. The van der Waals surface area contributed by atoms with E-state index < -0.39 is 6.29 Å². The minimum absolute atomic E-state index is 0.231. The molecule has 1 aromatic heterocycles. The van der Waals surface area contributed by atoms with Gasteiger partial charge < -0.3 is 22.2 Å². The molecular weight excluding hydrogens is 413 g/mol. The highest BCUT2D eigenvalue weighted by atomic mass is 35.5. The first-order valence-electron chi connectivity index (χ1n) is 9.46. The summed E-state index contributed by atoms with van der Waals surface area (Å²) in [5.74, 6) is 0.313. The minimum Gasteiger partial charge on any atom is -0.352 e. The SMILES string of the molecule is N=Cc1nc(NCc2ccc(Cl)c(Cl)c2)[nH]c(=O)c1CCCCCCNC(N)N. The smallest absolute Gasteiger partial charge is 0.256 e. The number of hydrogen-bond donors (Lipinski definition) is 6. The maximum absolute atomic E-state index is 12.5. The summed E-state index contributed by atoms with van der Waals surface area (Å²) in [7, 11) is 0. The molecule has 10 heteroatoms. The predicted molar refractivity (Wildman–Crippen MR) is 119 cm³/mol. The molecule has 0 spiro atoms. The van der Waals surface area contributed by atoms with Crippen molar-refractivity contribution in [2.45, 2.75) is 44.9 Å². The Morgan fingerprint density at radius 1 is 1.17 bits per heavy atom. The molecule has 0 aliphatic rings. The van der Waals surface area contributed by atoms with Crippen molar-refractivity contribution in [2.24, 2.45) is 11.5 Å². The Kier molecular flexibility index (Phi) is 9.56. The van der Waals surface area contributed by atoms with E-state index in [-0.39, 0.29) is 5.56 Å². The van der Waals surface area contributed by atoms with Crippen LogP contribution in [0, 0.1) is 5.41 Å². The number of nitrogens with two attached hydrogens (primary N) is 2. The quantitative estimate of drug-likeness (QED) is 0.170. The number of hydrogen-bond acceptors (Lipinski definition) is 7. The molecule has 158 valence electrons. The van der Waals surface area contributed by atoms with Crippen LogP contribution in [-0.2, 0) is 13.0 Å². The van der Waals surface area contributed by atoms with Crippen molar-refractivity contribution in [3.63, 3.8) is 0 Å². The van der Waals surface area contributed by atoms with Gasteiger partial charge in [-0.15, -0.1) is 0 Å². The fourth-order valence-electron chi connectivity index (χ4n) is 2.84. The normalized spacial score (nSPS) is 11.1. The zero-order valence-corrected chi connectivity index (χ0v) is 17.6. The van der Waals surface area contributed by atoms with Gasteiger partial charge in [0, 0.05) is 18.3 Å². The molecule has 1 aromatic carbocycles. The van der Waals surface area contributed by atoms with Crippen LogP contribution in [0.25, 0.3) is 0 Å². The van der Waals surface area contributed by atoms with E-state index >= 15 is 0 Å². The number of nitrogens with one attached hydrogen (secondary N) is 4. The molecule has 2 rings (SSSR count). The average Bonchev–Trinajstić information content (AvgIpc) is 2.68. The number of benzene rings is 1. The van der Waals surface area contributed by atoms with E-state index in [4.69, 9.17) is 40.1 Å². The van der Waals surface area contributed by atoms with Gasteiger partial charge in [0.25, 0.3) is 5.56 Å². The molecular formula is C19H27Cl2N7O. The number of unbranched alkanes of at least 4 members (excludes halogenated alkanes) is 3. The number of nitrogens with zero attached hydrogens (tertiary/aromatic N) is 1. The lowest BCUT2D eigenvalue weighted by Crippen LogP contribution is -2.45. The van der Waals surface area contributed by atoms with Gasteiger partial charge >= 0.3 is 0 Å². The topological polar surface area (TPSA) is 146 Å². The van der Waals surface area contributed by atoms with Crippen LogP contribution in [0.4, 0.5) is 5.95 Å². The Bertz CT molecular complexity index is 870. The van der Waals surface area contributed by atoms with Crippen molar-refractivity contribution in [2.75, 3.05) is 11.9 Å². The van der Waals surface area contributed by atoms with Gasteiger partial charge in [0.15, 0.2) is 0 Å². The summed E-state index contributed by atoms with van der Waals surface area (Å²) in [6, 6.07) is 5.29. The van der Waals surface area contributed by atoms with Crippen LogP contribution in [0.5, 0.6) is 0 Å². The van der Waals surface area contributed by atoms with Crippen LogP contribution in [0.15, 0.2) is 23.0 Å². The Labute approximate surface area is 179 Å². The molecule has 0 amide bonds. The molecule has 0 fully saturated rings. The molecule has 0 radical (unpaired) electrons. The standard InChI is InChI=1S/C19H27Cl2N7O/c20-14-7-6-12(9-15(14)21)11-26-19-27-16(10-22)13(17(29)28-19)5-3-1-2-4-8-25-18(23)24/h6-7,9-10,18,22,25H,1-5,8,11,23-24H2,(H2,26,27,28,29). The van der Waals surface area contributed by atoms with Crippen molar-refractivity contribution in [3.05, 3.63) is 55.4 Å². The van der Waals surface area contributed by atoms with E-state index in [1.165, 1.54) is 0 Å². The van der Waals surface area contributed by atoms with Crippen LogP contribution in [-0.4, -0.2) is 29.0 Å². The Balaban J connectivity index is 1.90. The second-order valence-electron chi connectivity index (χ2n) is 6.67. The van der Waals surface area contributed by atoms with Crippen molar-refractivity contribution in [3.8, 4) is 0 Å². The Hall–Kier alpha value is -1.97. The summed E-state index contributed by atoms with van der Waals surface area (Å²) in [6.07, 6.45) is 4.99. The highest BCUT2D eigenvalue weighted by Crippen LogP contribution is 2.22. The lowest BCUT2D eigenvalue weighted by Gasteiger charge is -2.10. The number of halogens is 2. The van der Waals surface area contributed by atoms with Crippen molar-refractivity contribution in [1.29, 1.82) is 5.41 Å². The van der Waals surface area contributed by atoms with E-state index in [2.05, 4.69) is 20.6 Å². The fourth-order valence-corrected chi connectivity index (χ4v) is 3.17. The number of aromatic amines is 1. The summed E-state index contributed by atoms with van der Waals surface area (Å²) >= 11 is 11.9. The molecule has 0 saturated heterocycles. The third-order valence-electron chi connectivity index (χ3n) is 4.36.